The van der Waals surface area contributed by atoms with Gasteiger partial charge in [0.25, 0.3) is 5.56 Å². The maximum absolute atomic E-state index is 14.1. The molecule has 2 aromatic heterocycles. The number of rotatable bonds is 4. The smallest absolute Gasteiger partial charge is 0.258 e. The molecule has 1 amide bonds. The second kappa shape index (κ2) is 7.43. The zero-order valence-corrected chi connectivity index (χ0v) is 19.5. The van der Waals surface area contributed by atoms with E-state index in [0.29, 0.717) is 17.9 Å². The number of aryl methyl sites for hydroxylation is 1. The van der Waals surface area contributed by atoms with Crippen LogP contribution in [0.25, 0.3) is 10.4 Å². The van der Waals surface area contributed by atoms with Crippen LogP contribution < -0.4 is 10.5 Å². The molecule has 0 bridgehead atoms. The van der Waals surface area contributed by atoms with Crippen LogP contribution in [0.15, 0.2) is 59.7 Å². The van der Waals surface area contributed by atoms with Crippen LogP contribution >= 0.6 is 23.1 Å². The Morgan fingerprint density at radius 2 is 1.97 bits per heavy atom. The lowest BCUT2D eigenvalue weighted by molar-refractivity contribution is -0.122. The van der Waals surface area contributed by atoms with Crippen LogP contribution in [-0.4, -0.2) is 20.1 Å². The minimum absolute atomic E-state index is 0.0554. The molecule has 1 aliphatic carbocycles. The first-order valence-electron chi connectivity index (χ1n) is 11.0. The van der Waals surface area contributed by atoms with E-state index in [1.807, 2.05) is 35.1 Å². The van der Waals surface area contributed by atoms with Crippen LogP contribution in [0.3, 0.4) is 0 Å². The fourth-order valence-corrected chi connectivity index (χ4v) is 6.05. The Labute approximate surface area is 199 Å². The quantitative estimate of drug-likeness (QED) is 0.446. The van der Waals surface area contributed by atoms with Crippen molar-refractivity contribution >= 4 is 40.4 Å². The van der Waals surface area contributed by atoms with Gasteiger partial charge in [0.15, 0.2) is 0 Å². The summed E-state index contributed by atoms with van der Waals surface area (Å²) >= 11 is 7.70. The Kier molecular flexibility index (Phi) is 4.61. The summed E-state index contributed by atoms with van der Waals surface area (Å²) in [4.78, 5) is 28.4. The zero-order valence-electron chi connectivity index (χ0n) is 18.0. The van der Waals surface area contributed by atoms with Gasteiger partial charge in [0.1, 0.15) is 0 Å². The number of fused-ring (bicyclic) bond motifs is 3. The molecule has 1 atom stereocenters. The minimum Gasteiger partial charge on any atom is -0.277 e. The SMILES string of the molecule is CCCn1cc(N2C(=O)C3(Cc4ccc(-c5cc(=O)[nH]s5)cc4C3)c3ccc(Cl)cc32)cn1. The fraction of sp³-hybridized carbons (Fsp3) is 0.240. The maximum Gasteiger partial charge on any atom is 0.258 e. The normalized spacial score (nSPS) is 18.8. The van der Waals surface area contributed by atoms with Gasteiger partial charge < -0.3 is 0 Å². The van der Waals surface area contributed by atoms with Gasteiger partial charge in [0, 0.05) is 23.8 Å². The molecule has 6 nitrogen and oxygen atoms in total. The molecule has 0 radical (unpaired) electrons. The van der Waals surface area contributed by atoms with E-state index in [1.165, 1.54) is 17.1 Å². The number of hydrogen-bond donors (Lipinski definition) is 1. The van der Waals surface area contributed by atoms with E-state index in [0.717, 1.165) is 45.9 Å². The number of nitrogens with zero attached hydrogens (tertiary/aromatic N) is 3. The second-order valence-corrected chi connectivity index (χ2v) is 10.0. The van der Waals surface area contributed by atoms with Crippen LogP contribution in [0.2, 0.25) is 5.02 Å². The topological polar surface area (TPSA) is 71.0 Å². The number of halogens is 1. The molecule has 166 valence electrons. The fourth-order valence-electron chi connectivity index (χ4n) is 5.21. The molecule has 1 N–H and O–H groups in total. The molecule has 1 unspecified atom stereocenters. The van der Waals surface area contributed by atoms with Crippen molar-refractivity contribution in [3.63, 3.8) is 0 Å². The molecule has 4 aromatic rings. The van der Waals surface area contributed by atoms with Crippen molar-refractivity contribution in [2.75, 3.05) is 4.90 Å². The first kappa shape index (κ1) is 20.4. The predicted octanol–water partition coefficient (Wildman–Crippen LogP) is 5.08. The Bertz CT molecular complexity index is 1470. The van der Waals surface area contributed by atoms with E-state index in [-0.39, 0.29) is 11.5 Å². The first-order chi connectivity index (χ1) is 16.0. The number of amides is 1. The Morgan fingerprint density at radius 3 is 2.76 bits per heavy atom. The van der Waals surface area contributed by atoms with Crippen LogP contribution in [0.1, 0.15) is 30.0 Å². The van der Waals surface area contributed by atoms with Crippen LogP contribution in [0.4, 0.5) is 11.4 Å². The van der Waals surface area contributed by atoms with E-state index < -0.39 is 5.41 Å². The summed E-state index contributed by atoms with van der Waals surface area (Å²) in [6.07, 6.45) is 5.90. The lowest BCUT2D eigenvalue weighted by Gasteiger charge is -2.23. The summed E-state index contributed by atoms with van der Waals surface area (Å²) in [6, 6.07) is 13.6. The molecule has 33 heavy (non-hydrogen) atoms. The predicted molar refractivity (Wildman–Crippen MR) is 131 cm³/mol. The molecular formula is C25H21ClN4O2S. The maximum atomic E-state index is 14.1. The molecule has 3 heterocycles. The number of carbonyl (C=O) groups is 1. The number of carbonyl (C=O) groups excluding carboxylic acids is 1. The number of hydrogen-bond acceptors (Lipinski definition) is 4. The van der Waals surface area contributed by atoms with Gasteiger partial charge in [0.2, 0.25) is 5.91 Å². The summed E-state index contributed by atoms with van der Waals surface area (Å²) in [5.41, 5.74) is 5.15. The summed E-state index contributed by atoms with van der Waals surface area (Å²) in [5.74, 6) is 0.0554. The van der Waals surface area contributed by atoms with Gasteiger partial charge in [0.05, 0.1) is 27.9 Å². The molecule has 1 spiro atoms. The second-order valence-electron chi connectivity index (χ2n) is 8.76. The van der Waals surface area contributed by atoms with E-state index in [1.54, 1.807) is 17.2 Å². The van der Waals surface area contributed by atoms with E-state index in [9.17, 15) is 9.59 Å². The van der Waals surface area contributed by atoms with Crippen LogP contribution in [0.5, 0.6) is 0 Å². The number of aromatic amines is 1. The van der Waals surface area contributed by atoms with Crippen LogP contribution in [-0.2, 0) is 29.6 Å². The Balaban J connectivity index is 1.44. The molecule has 2 aliphatic rings. The zero-order chi connectivity index (χ0) is 22.7. The van der Waals surface area contributed by atoms with Gasteiger partial charge in [-0.2, -0.15) is 5.10 Å². The molecule has 0 saturated heterocycles. The van der Waals surface area contributed by atoms with Crippen molar-refractivity contribution in [3.05, 3.63) is 86.9 Å². The van der Waals surface area contributed by atoms with Gasteiger partial charge in [-0.15, -0.1) is 0 Å². The highest BCUT2D eigenvalue weighted by atomic mass is 35.5. The molecule has 0 fully saturated rings. The lowest BCUT2D eigenvalue weighted by atomic mass is 9.79. The van der Waals surface area contributed by atoms with Crippen molar-refractivity contribution in [3.8, 4) is 10.4 Å². The molecule has 6 rings (SSSR count). The monoisotopic (exact) mass is 476 g/mol. The number of H-pyrrole nitrogens is 1. The summed E-state index contributed by atoms with van der Waals surface area (Å²) in [5, 5.41) is 5.05. The van der Waals surface area contributed by atoms with E-state index >= 15 is 0 Å². The van der Waals surface area contributed by atoms with E-state index in [2.05, 4.69) is 28.5 Å². The van der Waals surface area contributed by atoms with Gasteiger partial charge in [-0.25, -0.2) is 0 Å². The number of nitrogens with one attached hydrogen (secondary N) is 1. The van der Waals surface area contributed by atoms with Gasteiger partial charge >= 0.3 is 0 Å². The summed E-state index contributed by atoms with van der Waals surface area (Å²) < 4.78 is 4.62. The highest BCUT2D eigenvalue weighted by molar-refractivity contribution is 7.09. The van der Waals surface area contributed by atoms with Gasteiger partial charge in [-0.3, -0.25) is 23.5 Å². The molecule has 8 heteroatoms. The third-order valence-electron chi connectivity index (χ3n) is 6.66. The largest absolute Gasteiger partial charge is 0.277 e. The highest BCUT2D eigenvalue weighted by Gasteiger charge is 2.54. The molecule has 1 aliphatic heterocycles. The first-order valence-corrected chi connectivity index (χ1v) is 12.2. The standard InChI is InChI=1S/C25H21ClN4O2S/c1-2-7-29-14-19(13-27-29)30-21-9-18(26)5-6-20(21)25(24(30)32)11-16-4-3-15(8-17(16)12-25)22-10-23(31)28-33-22/h3-6,8-10,13-14H,2,7,11-12H2,1H3,(H,28,31). The number of anilines is 2. The molecule has 2 aromatic carbocycles. The van der Waals surface area contributed by atoms with Crippen molar-refractivity contribution in [1.29, 1.82) is 0 Å². The average molecular weight is 477 g/mol. The van der Waals surface area contributed by atoms with Gasteiger partial charge in [-0.05, 0) is 59.7 Å². The summed E-state index contributed by atoms with van der Waals surface area (Å²) in [7, 11) is 0. The third kappa shape index (κ3) is 3.10. The van der Waals surface area contributed by atoms with E-state index in [4.69, 9.17) is 11.6 Å². The number of aromatic nitrogens is 3. The van der Waals surface area contributed by atoms with Crippen LogP contribution in [0, 0.1) is 0 Å². The van der Waals surface area contributed by atoms with Crippen molar-refractivity contribution in [1.82, 2.24) is 14.2 Å². The Hall–Kier alpha value is -3.16. The number of benzene rings is 2. The van der Waals surface area contributed by atoms with Gasteiger partial charge in [-0.1, -0.05) is 48.3 Å². The third-order valence-corrected chi connectivity index (χ3v) is 7.77. The van der Waals surface area contributed by atoms with Crippen molar-refractivity contribution < 1.29 is 4.79 Å². The molecule has 0 saturated carbocycles. The molecular weight excluding hydrogens is 456 g/mol. The van der Waals surface area contributed by atoms with Crippen molar-refractivity contribution in [2.45, 2.75) is 38.1 Å². The van der Waals surface area contributed by atoms with Crippen molar-refractivity contribution in [2.24, 2.45) is 0 Å². The lowest BCUT2D eigenvalue weighted by Crippen LogP contribution is -2.39. The minimum atomic E-state index is -0.668. The average Bonchev–Trinajstić information content (AvgIpc) is 3.55. The highest BCUT2D eigenvalue weighted by Crippen LogP contribution is 2.53. The summed E-state index contributed by atoms with van der Waals surface area (Å²) in [6.45, 7) is 2.90. The Morgan fingerprint density at radius 1 is 1.12 bits per heavy atom.